The number of nitrogens with zero attached hydrogens (tertiary/aromatic N) is 2. The third-order valence-corrected chi connectivity index (χ3v) is 9.71. The molecule has 0 aliphatic heterocycles. The third-order valence-electron chi connectivity index (χ3n) is 4.39. The van der Waals surface area contributed by atoms with Crippen LogP contribution >= 0.6 is 0 Å². The quantitative estimate of drug-likeness (QED) is 0.343. The van der Waals surface area contributed by atoms with Gasteiger partial charge in [-0.1, -0.05) is 41.5 Å². The molecule has 0 bridgehead atoms. The van der Waals surface area contributed by atoms with Gasteiger partial charge in [-0.3, -0.25) is 0 Å². The summed E-state index contributed by atoms with van der Waals surface area (Å²) in [6, 6.07) is 5.33. The Morgan fingerprint density at radius 2 is 1.67 bits per heavy atom. The summed E-state index contributed by atoms with van der Waals surface area (Å²) in [5.74, 6) is 0. The fourth-order valence-corrected chi connectivity index (χ4v) is 8.20. The molecule has 0 atom stereocenters. The molecule has 2 aromatic rings. The van der Waals surface area contributed by atoms with Crippen LogP contribution in [0.15, 0.2) is 24.4 Å². The maximum atomic E-state index is 16.4. The minimum atomic E-state index is -3.37. The molecule has 116 valence electrons. The Bertz CT molecular complexity index is 666. The highest BCUT2D eigenvalue weighted by Crippen LogP contribution is 2.51. The Morgan fingerprint density at radius 3 is 2.10 bits per heavy atom. The van der Waals surface area contributed by atoms with E-state index in [2.05, 4.69) is 0 Å². The van der Waals surface area contributed by atoms with E-state index >= 15 is 4.11 Å². The third kappa shape index (κ3) is 2.18. The molecular formula is C16H25FN2OSi. The first kappa shape index (κ1) is 16.0. The molecular weight excluding hydrogens is 283 g/mol. The van der Waals surface area contributed by atoms with Crippen LogP contribution in [0.25, 0.3) is 11.0 Å². The van der Waals surface area contributed by atoms with Crippen LogP contribution in [0.5, 0.6) is 0 Å². The SMILES string of the molecule is Cn1c([Si](F)(C(C)(C)C)C(C)(C)C)cc2c1ccc[n+]2[O-]. The van der Waals surface area contributed by atoms with Gasteiger partial charge in [0.15, 0.2) is 6.20 Å². The summed E-state index contributed by atoms with van der Waals surface area (Å²) in [6.45, 7) is 11.8. The summed E-state index contributed by atoms with van der Waals surface area (Å²) in [4.78, 5) is 0. The monoisotopic (exact) mass is 308 g/mol. The van der Waals surface area contributed by atoms with Gasteiger partial charge in [0.2, 0.25) is 5.52 Å². The summed E-state index contributed by atoms with van der Waals surface area (Å²) >= 11 is 0. The van der Waals surface area contributed by atoms with Crippen molar-refractivity contribution in [2.75, 3.05) is 0 Å². The van der Waals surface area contributed by atoms with E-state index in [9.17, 15) is 5.21 Å². The second-order valence-electron chi connectivity index (χ2n) is 7.85. The van der Waals surface area contributed by atoms with Gasteiger partial charge in [0.25, 0.3) is 0 Å². The maximum Gasteiger partial charge on any atom is 0.304 e. The predicted molar refractivity (Wildman–Crippen MR) is 87.8 cm³/mol. The average Bonchev–Trinajstić information content (AvgIpc) is 2.65. The first-order valence-corrected chi connectivity index (χ1v) is 9.16. The molecule has 0 amide bonds. The Balaban J connectivity index is 2.85. The molecule has 5 heteroatoms. The highest BCUT2D eigenvalue weighted by Gasteiger charge is 2.58. The molecule has 0 spiro atoms. The Labute approximate surface area is 127 Å². The topological polar surface area (TPSA) is 31.9 Å². The molecule has 0 saturated heterocycles. The number of hydrogen-bond donors (Lipinski definition) is 0. The average molecular weight is 308 g/mol. The molecule has 0 radical (unpaired) electrons. The zero-order valence-corrected chi connectivity index (χ0v) is 15.0. The van der Waals surface area contributed by atoms with Crippen molar-refractivity contribution < 1.29 is 8.84 Å². The molecule has 0 unspecified atom stereocenters. The highest BCUT2D eigenvalue weighted by atomic mass is 28.4. The Hall–Kier alpha value is -1.36. The largest absolute Gasteiger partial charge is 0.618 e. The first-order chi connectivity index (χ1) is 9.41. The normalized spacial score (nSPS) is 13.9. The van der Waals surface area contributed by atoms with Crippen molar-refractivity contribution in [2.24, 2.45) is 7.05 Å². The van der Waals surface area contributed by atoms with Gasteiger partial charge >= 0.3 is 8.41 Å². The summed E-state index contributed by atoms with van der Waals surface area (Å²) in [5, 5.41) is 11.7. The van der Waals surface area contributed by atoms with E-state index in [0.717, 1.165) is 10.2 Å². The Kier molecular flexibility index (Phi) is 3.48. The number of aromatic nitrogens is 2. The van der Waals surface area contributed by atoms with Crippen molar-refractivity contribution in [3.8, 4) is 0 Å². The van der Waals surface area contributed by atoms with Crippen LogP contribution in [0, 0.1) is 5.21 Å². The molecule has 0 aliphatic rings. The molecule has 0 fully saturated rings. The lowest BCUT2D eigenvalue weighted by Gasteiger charge is -2.44. The second kappa shape index (κ2) is 4.56. The molecule has 2 heterocycles. The van der Waals surface area contributed by atoms with Crippen LogP contribution in [0.2, 0.25) is 10.1 Å². The smallest absolute Gasteiger partial charge is 0.304 e. The number of aryl methyl sites for hydroxylation is 1. The first-order valence-electron chi connectivity index (χ1n) is 7.28. The van der Waals surface area contributed by atoms with Gasteiger partial charge < -0.3 is 13.9 Å². The molecule has 0 aromatic carbocycles. The van der Waals surface area contributed by atoms with Gasteiger partial charge in [-0.15, -0.1) is 0 Å². The van der Waals surface area contributed by atoms with Crippen molar-refractivity contribution in [1.82, 2.24) is 4.57 Å². The molecule has 0 saturated carbocycles. The number of fused-ring (bicyclic) bond motifs is 1. The van der Waals surface area contributed by atoms with Crippen molar-refractivity contribution in [3.63, 3.8) is 0 Å². The number of halogens is 1. The molecule has 2 rings (SSSR count). The van der Waals surface area contributed by atoms with Gasteiger partial charge in [0, 0.05) is 24.5 Å². The molecule has 0 aliphatic carbocycles. The fourth-order valence-electron chi connectivity index (χ4n) is 3.49. The standard InChI is InChI=1S/C16H25FN2OSi/c1-15(2,3)21(17,16(4,5)6)14-11-13-12(18(14)7)9-8-10-19(13)20/h8-11H,1-7H3. The fraction of sp³-hybridized carbons (Fsp3) is 0.562. The zero-order valence-electron chi connectivity index (χ0n) is 14.0. The minimum absolute atomic E-state index is 0.457. The lowest BCUT2D eigenvalue weighted by atomic mass is 10.2. The summed E-state index contributed by atoms with van der Waals surface area (Å²) in [6.07, 6.45) is 1.46. The lowest BCUT2D eigenvalue weighted by Crippen LogP contribution is -2.60. The number of pyridine rings is 1. The van der Waals surface area contributed by atoms with Crippen LogP contribution in [0.1, 0.15) is 41.5 Å². The van der Waals surface area contributed by atoms with Crippen molar-refractivity contribution in [1.29, 1.82) is 0 Å². The highest BCUT2D eigenvalue weighted by molar-refractivity contribution is 6.90. The van der Waals surface area contributed by atoms with Crippen molar-refractivity contribution in [2.45, 2.75) is 51.6 Å². The van der Waals surface area contributed by atoms with Crippen molar-refractivity contribution >= 4 is 24.8 Å². The van der Waals surface area contributed by atoms with Crippen molar-refractivity contribution in [3.05, 3.63) is 29.6 Å². The van der Waals surface area contributed by atoms with E-state index in [0.29, 0.717) is 10.8 Å². The van der Waals surface area contributed by atoms with Gasteiger partial charge in [-0.05, 0) is 16.1 Å². The van der Waals surface area contributed by atoms with Crippen LogP contribution in [-0.4, -0.2) is 13.0 Å². The maximum absolute atomic E-state index is 16.4. The summed E-state index contributed by atoms with van der Waals surface area (Å²) in [5.41, 5.74) is 1.32. The van der Waals surface area contributed by atoms with Gasteiger partial charge in [-0.2, -0.15) is 4.73 Å². The number of rotatable bonds is 1. The van der Waals surface area contributed by atoms with E-state index in [1.807, 2.05) is 59.2 Å². The van der Waals surface area contributed by atoms with Gasteiger partial charge in [-0.25, -0.2) is 0 Å². The lowest BCUT2D eigenvalue weighted by molar-refractivity contribution is -0.576. The van der Waals surface area contributed by atoms with E-state index in [-0.39, 0.29) is 0 Å². The van der Waals surface area contributed by atoms with E-state index < -0.39 is 18.5 Å². The van der Waals surface area contributed by atoms with Crippen LogP contribution in [-0.2, 0) is 7.05 Å². The molecule has 3 nitrogen and oxygen atoms in total. The molecule has 0 N–H and O–H groups in total. The van der Waals surface area contributed by atoms with E-state index in [4.69, 9.17) is 0 Å². The molecule has 21 heavy (non-hydrogen) atoms. The van der Waals surface area contributed by atoms with Crippen LogP contribution < -0.4 is 10.0 Å². The zero-order chi connectivity index (χ0) is 16.2. The van der Waals surface area contributed by atoms with Gasteiger partial charge in [0.1, 0.15) is 5.52 Å². The van der Waals surface area contributed by atoms with Gasteiger partial charge in [0.05, 0.1) is 0 Å². The second-order valence-corrected chi connectivity index (χ2v) is 12.7. The van der Waals surface area contributed by atoms with Crippen LogP contribution in [0.4, 0.5) is 4.11 Å². The number of hydrogen-bond acceptors (Lipinski definition) is 1. The van der Waals surface area contributed by atoms with E-state index in [1.54, 1.807) is 12.1 Å². The minimum Gasteiger partial charge on any atom is -0.618 e. The van der Waals surface area contributed by atoms with E-state index in [1.165, 1.54) is 6.20 Å². The summed E-state index contributed by atoms with van der Waals surface area (Å²) in [7, 11) is -1.51. The van der Waals surface area contributed by atoms with Crippen LogP contribution in [0.3, 0.4) is 0 Å². The predicted octanol–water partition coefficient (Wildman–Crippen LogP) is 3.53. The summed E-state index contributed by atoms with van der Waals surface area (Å²) < 4.78 is 19.1. The molecule has 2 aromatic heterocycles. The Morgan fingerprint density at radius 1 is 1.14 bits per heavy atom.